The predicted octanol–water partition coefficient (Wildman–Crippen LogP) is 3.32. The monoisotopic (exact) mass is 322 g/mol. The Morgan fingerprint density at radius 1 is 1.45 bits per heavy atom. The summed E-state index contributed by atoms with van der Waals surface area (Å²) in [6, 6.07) is 0.537. The fourth-order valence-electron chi connectivity index (χ4n) is 3.63. The van der Waals surface area contributed by atoms with Crippen LogP contribution in [-0.2, 0) is 0 Å². The molecule has 0 radical (unpaired) electrons. The number of H-pyrrole nitrogens is 1. The van der Waals surface area contributed by atoms with Crippen molar-refractivity contribution < 1.29 is 4.79 Å². The third kappa shape index (κ3) is 3.59. The van der Waals surface area contributed by atoms with E-state index in [9.17, 15) is 4.79 Å². The van der Waals surface area contributed by atoms with Crippen LogP contribution >= 0.6 is 11.8 Å². The molecule has 1 aromatic heterocycles. The molecule has 1 aliphatic carbocycles. The molecular formula is C16H26N4OS. The van der Waals surface area contributed by atoms with Crippen molar-refractivity contribution in [1.82, 2.24) is 20.2 Å². The summed E-state index contributed by atoms with van der Waals surface area (Å²) in [7, 11) is 0. The van der Waals surface area contributed by atoms with Gasteiger partial charge in [-0.3, -0.25) is 0 Å². The molecule has 122 valence electrons. The van der Waals surface area contributed by atoms with Gasteiger partial charge in [0.2, 0.25) is 0 Å². The van der Waals surface area contributed by atoms with Crippen molar-refractivity contribution in [3.05, 3.63) is 18.2 Å². The Hall–Kier alpha value is -1.17. The molecule has 6 heteroatoms. The van der Waals surface area contributed by atoms with Gasteiger partial charge in [-0.1, -0.05) is 6.92 Å². The van der Waals surface area contributed by atoms with Crippen molar-refractivity contribution in [2.24, 2.45) is 0 Å². The van der Waals surface area contributed by atoms with Crippen LogP contribution in [0.25, 0.3) is 0 Å². The summed E-state index contributed by atoms with van der Waals surface area (Å²) < 4.78 is 0. The van der Waals surface area contributed by atoms with E-state index in [2.05, 4.69) is 22.2 Å². The maximum atomic E-state index is 12.7. The first-order valence-electron chi connectivity index (χ1n) is 8.46. The second-order valence-electron chi connectivity index (χ2n) is 6.22. The largest absolute Gasteiger partial charge is 0.347 e. The number of thioether (sulfide) groups is 1. The van der Waals surface area contributed by atoms with Crippen LogP contribution in [-0.4, -0.2) is 44.5 Å². The van der Waals surface area contributed by atoms with Crippen LogP contribution in [0, 0.1) is 0 Å². The van der Waals surface area contributed by atoms with E-state index in [0.29, 0.717) is 6.04 Å². The average Bonchev–Trinajstić information content (AvgIpc) is 3.19. The molecular weight excluding hydrogens is 296 g/mol. The summed E-state index contributed by atoms with van der Waals surface area (Å²) in [6.07, 6.45) is 10.3. The van der Waals surface area contributed by atoms with Gasteiger partial charge >= 0.3 is 6.03 Å². The molecule has 2 amide bonds. The highest BCUT2D eigenvalue weighted by Crippen LogP contribution is 2.31. The number of carbonyl (C=O) groups excluding carboxylic acids is 1. The molecule has 2 heterocycles. The Kier molecular flexibility index (Phi) is 5.28. The zero-order valence-electron chi connectivity index (χ0n) is 13.3. The van der Waals surface area contributed by atoms with E-state index in [1.807, 2.05) is 22.9 Å². The summed E-state index contributed by atoms with van der Waals surface area (Å²) in [6.45, 7) is 3.04. The lowest BCUT2D eigenvalue weighted by atomic mass is 10.0. The van der Waals surface area contributed by atoms with Crippen LogP contribution < -0.4 is 5.32 Å². The van der Waals surface area contributed by atoms with E-state index in [1.165, 1.54) is 6.42 Å². The fraction of sp³-hybridized carbons (Fsp3) is 0.750. The van der Waals surface area contributed by atoms with Gasteiger partial charge in [-0.05, 0) is 44.3 Å². The lowest BCUT2D eigenvalue weighted by Gasteiger charge is -2.35. The minimum absolute atomic E-state index is 0.0910. The summed E-state index contributed by atoms with van der Waals surface area (Å²) in [5.41, 5.74) is 0. The van der Waals surface area contributed by atoms with Crippen molar-refractivity contribution in [3.63, 3.8) is 0 Å². The zero-order valence-corrected chi connectivity index (χ0v) is 14.1. The van der Waals surface area contributed by atoms with Crippen molar-refractivity contribution >= 4 is 17.8 Å². The molecule has 0 aromatic carbocycles. The summed E-state index contributed by atoms with van der Waals surface area (Å²) in [4.78, 5) is 22.2. The first-order valence-corrected chi connectivity index (χ1v) is 9.50. The summed E-state index contributed by atoms with van der Waals surface area (Å²) >= 11 is 2.02. The molecule has 1 saturated carbocycles. The quantitative estimate of drug-likeness (QED) is 0.894. The number of aromatic amines is 1. The Balaban J connectivity index is 1.58. The van der Waals surface area contributed by atoms with E-state index < -0.39 is 0 Å². The summed E-state index contributed by atoms with van der Waals surface area (Å²) in [5, 5.41) is 3.98. The molecule has 0 unspecified atom stereocenters. The Morgan fingerprint density at radius 2 is 2.36 bits per heavy atom. The number of urea groups is 1. The first kappa shape index (κ1) is 15.7. The van der Waals surface area contributed by atoms with Gasteiger partial charge in [-0.25, -0.2) is 9.78 Å². The van der Waals surface area contributed by atoms with Crippen LogP contribution in [0.2, 0.25) is 0 Å². The van der Waals surface area contributed by atoms with Crippen LogP contribution in [0.1, 0.15) is 57.3 Å². The topological polar surface area (TPSA) is 61.0 Å². The molecule has 3 atom stereocenters. The number of hydrogen-bond donors (Lipinski definition) is 2. The molecule has 3 rings (SSSR count). The number of nitrogens with zero attached hydrogens (tertiary/aromatic N) is 2. The van der Waals surface area contributed by atoms with Crippen molar-refractivity contribution in [2.75, 3.05) is 12.3 Å². The number of nitrogens with one attached hydrogen (secondary N) is 2. The molecule has 22 heavy (non-hydrogen) atoms. The van der Waals surface area contributed by atoms with Gasteiger partial charge in [0.25, 0.3) is 0 Å². The van der Waals surface area contributed by atoms with Crippen molar-refractivity contribution in [2.45, 2.75) is 62.8 Å². The fourth-order valence-corrected chi connectivity index (χ4v) is 4.78. The highest BCUT2D eigenvalue weighted by atomic mass is 32.2. The Morgan fingerprint density at radius 3 is 3.14 bits per heavy atom. The minimum Gasteiger partial charge on any atom is -0.347 e. The van der Waals surface area contributed by atoms with Crippen LogP contribution in [0.3, 0.4) is 0 Å². The van der Waals surface area contributed by atoms with Crippen LogP contribution in [0.4, 0.5) is 4.79 Å². The molecule has 1 aliphatic heterocycles. The molecule has 2 fully saturated rings. The Labute approximate surface area is 136 Å². The SMILES string of the molecule is CCS[C@@H]1CC[C@H](NC(=O)N2CCCC[C@H]2c2ncc[nH]2)C1. The normalized spacial score (nSPS) is 28.8. The van der Waals surface area contributed by atoms with Crippen molar-refractivity contribution in [3.8, 4) is 0 Å². The van der Waals surface area contributed by atoms with Gasteiger partial charge in [0.05, 0.1) is 6.04 Å². The van der Waals surface area contributed by atoms with Gasteiger partial charge in [0.1, 0.15) is 5.82 Å². The smallest absolute Gasteiger partial charge is 0.318 e. The number of likely N-dealkylation sites (tertiary alicyclic amines) is 1. The van der Waals surface area contributed by atoms with Gasteiger partial charge in [-0.15, -0.1) is 0 Å². The highest BCUT2D eigenvalue weighted by molar-refractivity contribution is 7.99. The molecule has 2 aliphatic rings. The molecule has 0 spiro atoms. The maximum absolute atomic E-state index is 12.7. The van der Waals surface area contributed by atoms with Crippen molar-refractivity contribution in [1.29, 1.82) is 0 Å². The van der Waals surface area contributed by atoms with Crippen LogP contribution in [0.5, 0.6) is 0 Å². The lowest BCUT2D eigenvalue weighted by Crippen LogP contribution is -2.47. The number of amides is 2. The van der Waals surface area contributed by atoms with E-state index in [1.54, 1.807) is 6.20 Å². The molecule has 2 N–H and O–H groups in total. The molecule has 0 bridgehead atoms. The van der Waals surface area contributed by atoms with E-state index in [4.69, 9.17) is 0 Å². The number of piperidine rings is 1. The Bertz CT molecular complexity index is 479. The third-order valence-electron chi connectivity index (χ3n) is 4.71. The molecule has 5 nitrogen and oxygen atoms in total. The standard InChI is InChI=1S/C16H26N4OS/c1-2-22-13-7-6-12(11-13)19-16(21)20-10-4-3-5-14(20)15-17-8-9-18-15/h8-9,12-14H,2-7,10-11H2,1H3,(H,17,18)(H,19,21)/t12-,13+,14-/m0/s1. The first-order chi connectivity index (χ1) is 10.8. The predicted molar refractivity (Wildman–Crippen MR) is 90.0 cm³/mol. The average molecular weight is 322 g/mol. The lowest BCUT2D eigenvalue weighted by molar-refractivity contribution is 0.145. The highest BCUT2D eigenvalue weighted by Gasteiger charge is 2.32. The number of hydrogen-bond acceptors (Lipinski definition) is 3. The van der Waals surface area contributed by atoms with Gasteiger partial charge < -0.3 is 15.2 Å². The maximum Gasteiger partial charge on any atom is 0.318 e. The number of imidazole rings is 1. The second kappa shape index (κ2) is 7.40. The number of carbonyl (C=O) groups is 1. The molecule has 1 saturated heterocycles. The third-order valence-corrected chi connectivity index (χ3v) is 5.95. The summed E-state index contributed by atoms with van der Waals surface area (Å²) in [5.74, 6) is 2.08. The molecule has 1 aromatic rings. The second-order valence-corrected chi connectivity index (χ2v) is 7.79. The number of rotatable bonds is 4. The van der Waals surface area contributed by atoms with E-state index in [0.717, 1.165) is 55.5 Å². The van der Waals surface area contributed by atoms with Gasteiger partial charge in [0.15, 0.2) is 0 Å². The van der Waals surface area contributed by atoms with E-state index in [-0.39, 0.29) is 12.1 Å². The minimum atomic E-state index is 0.0910. The van der Waals surface area contributed by atoms with E-state index >= 15 is 0 Å². The number of aromatic nitrogens is 2. The van der Waals surface area contributed by atoms with Gasteiger partial charge in [-0.2, -0.15) is 11.8 Å². The van der Waals surface area contributed by atoms with Gasteiger partial charge in [0, 0.05) is 30.2 Å². The van der Waals surface area contributed by atoms with Crippen LogP contribution in [0.15, 0.2) is 12.4 Å². The zero-order chi connectivity index (χ0) is 15.4.